The van der Waals surface area contributed by atoms with Gasteiger partial charge in [0.05, 0.1) is 0 Å². The molecule has 1 aromatic carbocycles. The van der Waals surface area contributed by atoms with E-state index in [1.54, 1.807) is 0 Å². The van der Waals surface area contributed by atoms with Gasteiger partial charge in [-0.3, -0.25) is 4.31 Å². The van der Waals surface area contributed by atoms with Gasteiger partial charge < -0.3 is 4.74 Å². The second-order valence-electron chi connectivity index (χ2n) is 6.44. The lowest BCUT2D eigenvalue weighted by molar-refractivity contribution is 0.372. The maximum Gasteiger partial charge on any atom is 0.127 e. The number of ether oxygens (including phenoxy) is 1. The summed E-state index contributed by atoms with van der Waals surface area (Å²) < 4.78 is 8.67. The maximum atomic E-state index is 5.97. The SMILES string of the molecule is CS(C)(c1ccc(OC2=CC=CCC2)cc1)N1CCCCC1. The van der Waals surface area contributed by atoms with Crippen molar-refractivity contribution in [2.24, 2.45) is 0 Å². The minimum Gasteiger partial charge on any atom is -0.462 e. The molecule has 0 spiro atoms. The second kappa shape index (κ2) is 6.93. The third kappa shape index (κ3) is 3.58. The highest BCUT2D eigenvalue weighted by atomic mass is 32.3. The summed E-state index contributed by atoms with van der Waals surface area (Å²) >= 11 is 0. The van der Waals surface area contributed by atoms with Crippen molar-refractivity contribution in [2.45, 2.75) is 37.0 Å². The molecule has 0 unspecified atom stereocenters. The van der Waals surface area contributed by atoms with E-state index in [0.717, 1.165) is 24.4 Å². The van der Waals surface area contributed by atoms with Gasteiger partial charge in [0, 0.05) is 24.4 Å². The van der Waals surface area contributed by atoms with E-state index in [-0.39, 0.29) is 0 Å². The fourth-order valence-electron chi connectivity index (χ4n) is 3.13. The third-order valence-corrected chi connectivity index (χ3v) is 7.67. The van der Waals surface area contributed by atoms with Crippen LogP contribution in [0.5, 0.6) is 5.75 Å². The number of benzene rings is 1. The van der Waals surface area contributed by atoms with Crippen LogP contribution in [-0.2, 0) is 0 Å². The predicted octanol–water partition coefficient (Wildman–Crippen LogP) is 5.12. The monoisotopic (exact) mass is 317 g/mol. The standard InChI is InChI=1S/C19H27NOS/c1-22(2,20-15-7-4-8-16-20)19-13-11-18(12-14-19)21-17-9-5-3-6-10-17/h3,5,9,11-14H,4,6-8,10,15-16H2,1-2H3. The minimum absolute atomic E-state index is 0.860. The summed E-state index contributed by atoms with van der Waals surface area (Å²) in [5.74, 6) is 2.03. The summed E-state index contributed by atoms with van der Waals surface area (Å²) in [4.78, 5) is 1.46. The Morgan fingerprint density at radius 2 is 1.73 bits per heavy atom. The van der Waals surface area contributed by atoms with Crippen molar-refractivity contribution < 1.29 is 4.74 Å². The lowest BCUT2D eigenvalue weighted by Crippen LogP contribution is -2.32. The topological polar surface area (TPSA) is 12.5 Å². The van der Waals surface area contributed by atoms with E-state index in [4.69, 9.17) is 4.74 Å². The molecular formula is C19H27NOS. The quantitative estimate of drug-likeness (QED) is 0.764. The molecule has 1 heterocycles. The number of rotatable bonds is 4. The molecule has 0 radical (unpaired) electrons. The molecule has 0 aromatic heterocycles. The Morgan fingerprint density at radius 3 is 2.36 bits per heavy atom. The van der Waals surface area contributed by atoms with E-state index in [2.05, 4.69) is 59.3 Å². The average Bonchev–Trinajstić information content (AvgIpc) is 2.57. The fraction of sp³-hybridized carbons (Fsp3) is 0.474. The first-order valence-corrected chi connectivity index (χ1v) is 10.7. The van der Waals surface area contributed by atoms with Gasteiger partial charge in [0.15, 0.2) is 0 Å². The first-order chi connectivity index (χ1) is 10.7. The van der Waals surface area contributed by atoms with Crippen LogP contribution in [0.2, 0.25) is 0 Å². The fourth-order valence-corrected chi connectivity index (χ4v) is 5.40. The molecule has 2 aliphatic rings. The molecule has 3 heteroatoms. The van der Waals surface area contributed by atoms with Gasteiger partial charge in [0.25, 0.3) is 0 Å². The molecule has 1 saturated heterocycles. The lowest BCUT2D eigenvalue weighted by atomic mass is 10.2. The van der Waals surface area contributed by atoms with Crippen molar-refractivity contribution in [1.82, 2.24) is 4.31 Å². The number of nitrogens with zero attached hydrogens (tertiary/aromatic N) is 1. The average molecular weight is 317 g/mol. The van der Waals surface area contributed by atoms with Gasteiger partial charge in [-0.05, 0) is 62.1 Å². The Balaban J connectivity index is 1.70. The summed E-state index contributed by atoms with van der Waals surface area (Å²) in [6, 6.07) is 8.79. The summed E-state index contributed by atoms with van der Waals surface area (Å²) in [6.45, 7) is 2.50. The van der Waals surface area contributed by atoms with E-state index < -0.39 is 10.2 Å². The maximum absolute atomic E-state index is 5.97. The van der Waals surface area contributed by atoms with Crippen molar-refractivity contribution in [3.63, 3.8) is 0 Å². The highest BCUT2D eigenvalue weighted by Crippen LogP contribution is 2.53. The first-order valence-electron chi connectivity index (χ1n) is 8.28. The van der Waals surface area contributed by atoms with Gasteiger partial charge in [-0.25, -0.2) is 0 Å². The summed E-state index contributed by atoms with van der Waals surface area (Å²) in [5, 5.41) is 0. The van der Waals surface area contributed by atoms with Gasteiger partial charge in [-0.1, -0.05) is 18.6 Å². The molecule has 2 nitrogen and oxygen atoms in total. The van der Waals surface area contributed by atoms with Gasteiger partial charge in [-0.15, -0.1) is 0 Å². The van der Waals surface area contributed by atoms with Crippen LogP contribution in [0.3, 0.4) is 0 Å². The van der Waals surface area contributed by atoms with Crippen LogP contribution in [0.1, 0.15) is 32.1 Å². The van der Waals surface area contributed by atoms with Gasteiger partial charge in [-0.2, -0.15) is 10.2 Å². The highest BCUT2D eigenvalue weighted by Gasteiger charge is 2.25. The first kappa shape index (κ1) is 15.7. The van der Waals surface area contributed by atoms with E-state index in [9.17, 15) is 0 Å². The summed E-state index contributed by atoms with van der Waals surface area (Å²) in [5.41, 5.74) is 0. The molecule has 1 aliphatic carbocycles. The molecule has 1 aromatic rings. The zero-order valence-corrected chi connectivity index (χ0v) is 14.6. The van der Waals surface area contributed by atoms with Gasteiger partial charge in [0.2, 0.25) is 0 Å². The predicted molar refractivity (Wildman–Crippen MR) is 96.7 cm³/mol. The smallest absolute Gasteiger partial charge is 0.127 e. The van der Waals surface area contributed by atoms with Crippen molar-refractivity contribution in [3.8, 4) is 5.75 Å². The Labute approximate surface area is 136 Å². The van der Waals surface area contributed by atoms with Crippen molar-refractivity contribution in [1.29, 1.82) is 0 Å². The Bertz CT molecular complexity index is 553. The van der Waals surface area contributed by atoms with Crippen LogP contribution in [0.25, 0.3) is 0 Å². The summed E-state index contributed by atoms with van der Waals surface area (Å²) in [7, 11) is -0.860. The van der Waals surface area contributed by atoms with Crippen LogP contribution in [0.15, 0.2) is 53.1 Å². The van der Waals surface area contributed by atoms with Crippen LogP contribution in [0, 0.1) is 0 Å². The number of hydrogen-bond acceptors (Lipinski definition) is 2. The van der Waals surface area contributed by atoms with Crippen LogP contribution < -0.4 is 4.74 Å². The molecule has 22 heavy (non-hydrogen) atoms. The molecule has 0 amide bonds. The zero-order valence-electron chi connectivity index (χ0n) is 13.8. The van der Waals surface area contributed by atoms with Gasteiger partial charge in [0.1, 0.15) is 11.5 Å². The number of allylic oxidation sites excluding steroid dienone is 4. The summed E-state index contributed by atoms with van der Waals surface area (Å²) in [6.07, 6.45) is 17.3. The Morgan fingerprint density at radius 1 is 1.00 bits per heavy atom. The molecule has 0 atom stereocenters. The molecule has 120 valence electrons. The van der Waals surface area contributed by atoms with Gasteiger partial charge >= 0.3 is 0 Å². The lowest BCUT2D eigenvalue weighted by Gasteiger charge is -2.45. The van der Waals surface area contributed by atoms with E-state index >= 15 is 0 Å². The van der Waals surface area contributed by atoms with Crippen molar-refractivity contribution >= 4 is 10.2 Å². The minimum atomic E-state index is -0.860. The van der Waals surface area contributed by atoms with E-state index in [0.29, 0.717) is 0 Å². The molecular weight excluding hydrogens is 290 g/mol. The largest absolute Gasteiger partial charge is 0.462 e. The third-order valence-electron chi connectivity index (χ3n) is 4.59. The van der Waals surface area contributed by atoms with Crippen molar-refractivity contribution in [3.05, 3.63) is 48.3 Å². The molecule has 0 bridgehead atoms. The number of piperidine rings is 1. The van der Waals surface area contributed by atoms with Crippen LogP contribution in [-0.4, -0.2) is 29.9 Å². The number of hydrogen-bond donors (Lipinski definition) is 0. The Kier molecular flexibility index (Phi) is 4.94. The Hall–Kier alpha value is -1.19. The molecule has 0 N–H and O–H groups in total. The molecule has 3 rings (SSSR count). The van der Waals surface area contributed by atoms with Crippen LogP contribution >= 0.6 is 10.2 Å². The molecule has 0 saturated carbocycles. The normalized spacial score (nSPS) is 20.5. The van der Waals surface area contributed by atoms with E-state index in [1.807, 2.05) is 0 Å². The molecule has 1 aliphatic heterocycles. The zero-order chi connectivity index (χ0) is 15.4. The van der Waals surface area contributed by atoms with Crippen LogP contribution in [0.4, 0.5) is 0 Å². The van der Waals surface area contributed by atoms with Crippen molar-refractivity contribution in [2.75, 3.05) is 25.6 Å². The molecule has 1 fully saturated rings. The van der Waals surface area contributed by atoms with E-state index in [1.165, 1.54) is 37.2 Å². The second-order valence-corrected chi connectivity index (χ2v) is 9.97. The highest BCUT2D eigenvalue weighted by molar-refractivity contribution is 8.30.